The summed E-state index contributed by atoms with van der Waals surface area (Å²) in [5, 5.41) is 0. The molecule has 5 nitrogen and oxygen atoms in total. The number of hydrogen-bond donors (Lipinski definition) is 4. The minimum absolute atomic E-state index is 0. The molecule has 0 unspecified atom stereocenters. The molecule has 1 rings (SSSR count). The SMILES string of the molecule is Nc1c[c-]ccc1.O=P(O)(O)O.[Li+]. The molecule has 0 radical (unpaired) electrons. The molecule has 0 heterocycles. The van der Waals surface area contributed by atoms with Crippen LogP contribution in [0.2, 0.25) is 0 Å². The van der Waals surface area contributed by atoms with Gasteiger partial charge in [-0.2, -0.15) is 30.3 Å². The van der Waals surface area contributed by atoms with Gasteiger partial charge in [-0.15, -0.1) is 0 Å². The fourth-order valence-electron chi connectivity index (χ4n) is 0.407. The number of nitrogens with two attached hydrogens (primary N) is 1. The Morgan fingerprint density at radius 2 is 1.85 bits per heavy atom. The Balaban J connectivity index is 0. The maximum atomic E-state index is 8.88. The first-order valence-electron chi connectivity index (χ1n) is 2.89. The Labute approximate surface area is 88.0 Å². The molecule has 7 heteroatoms. The maximum Gasteiger partial charge on any atom is 1.00 e. The first-order chi connectivity index (χ1) is 5.39. The summed E-state index contributed by atoms with van der Waals surface area (Å²) < 4.78 is 8.88. The van der Waals surface area contributed by atoms with Gasteiger partial charge in [0.05, 0.1) is 0 Å². The van der Waals surface area contributed by atoms with Gasteiger partial charge >= 0.3 is 26.7 Å². The van der Waals surface area contributed by atoms with Gasteiger partial charge in [0.1, 0.15) is 0 Å². The van der Waals surface area contributed by atoms with Crippen molar-refractivity contribution in [2.24, 2.45) is 0 Å². The molecule has 1 aromatic rings. The zero-order valence-electron chi connectivity index (χ0n) is 7.08. The molecule has 0 aliphatic carbocycles. The third kappa shape index (κ3) is 18.6. The van der Waals surface area contributed by atoms with Crippen molar-refractivity contribution in [3.63, 3.8) is 0 Å². The van der Waals surface area contributed by atoms with Crippen LogP contribution >= 0.6 is 7.82 Å². The van der Waals surface area contributed by atoms with Crippen molar-refractivity contribution in [3.8, 4) is 0 Å². The summed E-state index contributed by atoms with van der Waals surface area (Å²) in [6, 6.07) is 10.1. The molecule has 0 atom stereocenters. The number of nitrogen functional groups attached to an aromatic ring is 1. The maximum absolute atomic E-state index is 8.88. The van der Waals surface area contributed by atoms with E-state index in [0.717, 1.165) is 5.69 Å². The molecule has 5 N–H and O–H groups in total. The van der Waals surface area contributed by atoms with E-state index in [2.05, 4.69) is 6.07 Å². The molecular weight excluding hydrogens is 188 g/mol. The molecule has 0 aliphatic rings. The van der Waals surface area contributed by atoms with Crippen LogP contribution in [0.25, 0.3) is 0 Å². The van der Waals surface area contributed by atoms with E-state index in [1.54, 1.807) is 6.07 Å². The monoisotopic (exact) mass is 197 g/mol. The van der Waals surface area contributed by atoms with Gasteiger partial charge in [0.25, 0.3) is 0 Å². The van der Waals surface area contributed by atoms with Crippen LogP contribution < -0.4 is 24.6 Å². The average Bonchev–Trinajstić information content (AvgIpc) is 1.85. The van der Waals surface area contributed by atoms with Crippen molar-refractivity contribution in [3.05, 3.63) is 30.3 Å². The summed E-state index contributed by atoms with van der Waals surface area (Å²) in [6.07, 6.45) is 0. The van der Waals surface area contributed by atoms with Crippen molar-refractivity contribution in [1.82, 2.24) is 0 Å². The van der Waals surface area contributed by atoms with Crippen molar-refractivity contribution in [2.75, 3.05) is 5.73 Å². The normalized spacial score (nSPS) is 9.15. The van der Waals surface area contributed by atoms with Crippen LogP contribution in [0.15, 0.2) is 24.3 Å². The van der Waals surface area contributed by atoms with Crippen LogP contribution in [-0.4, -0.2) is 14.7 Å². The average molecular weight is 197 g/mol. The standard InChI is InChI=1S/C6H6N.Li.H3O4P/c7-6-4-2-1-3-5-6;;1-5(2,3)4/h1-2,4-5H,7H2;;(H3,1,2,3,4)/q-1;+1;. The minimum Gasteiger partial charge on any atom is -0.449 e. The minimum atomic E-state index is -4.64. The Kier molecular flexibility index (Phi) is 8.38. The van der Waals surface area contributed by atoms with Gasteiger partial charge < -0.3 is 20.4 Å². The number of phosphoric acid groups is 1. The molecule has 0 aliphatic heterocycles. The summed E-state index contributed by atoms with van der Waals surface area (Å²) in [6.45, 7) is 0. The van der Waals surface area contributed by atoms with Gasteiger partial charge in [-0.3, -0.25) is 0 Å². The van der Waals surface area contributed by atoms with E-state index in [9.17, 15) is 0 Å². The molecule has 0 aromatic heterocycles. The van der Waals surface area contributed by atoms with Crippen molar-refractivity contribution >= 4 is 13.5 Å². The summed E-state index contributed by atoms with van der Waals surface area (Å²) in [4.78, 5) is 21.6. The van der Waals surface area contributed by atoms with E-state index < -0.39 is 7.82 Å². The third-order valence-electron chi connectivity index (χ3n) is 0.731. The summed E-state index contributed by atoms with van der Waals surface area (Å²) in [5.41, 5.74) is 6.09. The fraction of sp³-hybridized carbons (Fsp3) is 0. The Bertz CT molecular complexity index is 254. The first-order valence-corrected chi connectivity index (χ1v) is 4.46. The zero-order chi connectivity index (χ0) is 9.61. The molecule has 0 amide bonds. The van der Waals surface area contributed by atoms with Crippen LogP contribution in [0.5, 0.6) is 0 Å². The van der Waals surface area contributed by atoms with Gasteiger partial charge in [-0.25, -0.2) is 4.57 Å². The van der Waals surface area contributed by atoms with Gasteiger partial charge in [-0.1, -0.05) is 5.69 Å². The van der Waals surface area contributed by atoms with E-state index in [1.165, 1.54) is 0 Å². The van der Waals surface area contributed by atoms with Crippen LogP contribution in [-0.2, 0) is 4.57 Å². The molecule has 1 aromatic carbocycles. The van der Waals surface area contributed by atoms with Crippen molar-refractivity contribution in [1.29, 1.82) is 0 Å². The van der Waals surface area contributed by atoms with E-state index in [-0.39, 0.29) is 18.9 Å². The molecule has 13 heavy (non-hydrogen) atoms. The number of hydrogen-bond acceptors (Lipinski definition) is 2. The second kappa shape index (κ2) is 7.16. The number of anilines is 1. The molecule has 0 saturated heterocycles. The smallest absolute Gasteiger partial charge is 0.449 e. The van der Waals surface area contributed by atoms with Gasteiger partial charge in [0.2, 0.25) is 0 Å². The molecule has 68 valence electrons. The van der Waals surface area contributed by atoms with Crippen LogP contribution in [0, 0.1) is 6.07 Å². The second-order valence-corrected chi connectivity index (χ2v) is 2.88. The van der Waals surface area contributed by atoms with E-state index >= 15 is 0 Å². The number of rotatable bonds is 0. The largest absolute Gasteiger partial charge is 1.00 e. The Hall–Kier alpha value is -0.273. The summed E-state index contributed by atoms with van der Waals surface area (Å²) >= 11 is 0. The molecule has 0 saturated carbocycles. The quantitative estimate of drug-likeness (QED) is 0.155. The number of benzene rings is 1. The molecule has 0 spiro atoms. The van der Waals surface area contributed by atoms with E-state index in [0.29, 0.717) is 0 Å². The Morgan fingerprint density at radius 3 is 2.00 bits per heavy atom. The predicted molar refractivity (Wildman–Crippen MR) is 44.0 cm³/mol. The molecule has 0 bridgehead atoms. The van der Waals surface area contributed by atoms with Crippen molar-refractivity contribution < 1.29 is 38.1 Å². The van der Waals surface area contributed by atoms with Crippen LogP contribution in [0.1, 0.15) is 0 Å². The molecule has 0 fully saturated rings. The Morgan fingerprint density at radius 1 is 1.38 bits per heavy atom. The topological polar surface area (TPSA) is 104 Å². The van der Waals surface area contributed by atoms with Gasteiger partial charge in [0.15, 0.2) is 0 Å². The fourth-order valence-corrected chi connectivity index (χ4v) is 0.407. The van der Waals surface area contributed by atoms with E-state index in [1.807, 2.05) is 18.2 Å². The molecular formula is C6H9LiNO4P. The third-order valence-corrected chi connectivity index (χ3v) is 0.731. The first kappa shape index (κ1) is 15.2. The zero-order valence-corrected chi connectivity index (χ0v) is 7.98. The van der Waals surface area contributed by atoms with E-state index in [4.69, 9.17) is 25.0 Å². The van der Waals surface area contributed by atoms with Gasteiger partial charge in [-0.05, 0) is 0 Å². The predicted octanol–water partition coefficient (Wildman–Crippen LogP) is -2.86. The van der Waals surface area contributed by atoms with Crippen LogP contribution in [0.3, 0.4) is 0 Å². The van der Waals surface area contributed by atoms with Crippen molar-refractivity contribution in [2.45, 2.75) is 0 Å². The summed E-state index contributed by atoms with van der Waals surface area (Å²) in [7, 11) is -4.64. The van der Waals surface area contributed by atoms with Gasteiger partial charge in [0, 0.05) is 0 Å². The second-order valence-electron chi connectivity index (χ2n) is 1.85. The van der Waals surface area contributed by atoms with Crippen LogP contribution in [0.4, 0.5) is 5.69 Å². The summed E-state index contributed by atoms with van der Waals surface area (Å²) in [5.74, 6) is 0.